The van der Waals surface area contributed by atoms with Gasteiger partial charge in [-0.25, -0.2) is 0 Å². The summed E-state index contributed by atoms with van der Waals surface area (Å²) in [6, 6.07) is 15.7. The van der Waals surface area contributed by atoms with Crippen molar-refractivity contribution in [1.82, 2.24) is 0 Å². The number of halogens is 3. The van der Waals surface area contributed by atoms with Crippen molar-refractivity contribution in [3.8, 4) is 17.6 Å². The number of nitrogens with one attached hydrogen (secondary N) is 1. The zero-order valence-electron chi connectivity index (χ0n) is 18.8. The average molecular weight is 591 g/mol. The molecule has 184 valence electrons. The predicted molar refractivity (Wildman–Crippen MR) is 141 cm³/mol. The Morgan fingerprint density at radius 1 is 1.19 bits per heavy atom. The van der Waals surface area contributed by atoms with E-state index in [1.165, 1.54) is 30.3 Å². The van der Waals surface area contributed by atoms with E-state index >= 15 is 0 Å². The number of nitro groups is 1. The smallest absolute Gasteiger partial charge is 0.271 e. The highest BCUT2D eigenvalue weighted by Gasteiger charge is 2.16. The third-order valence-electron chi connectivity index (χ3n) is 4.71. The monoisotopic (exact) mass is 589 g/mol. The van der Waals surface area contributed by atoms with Gasteiger partial charge < -0.3 is 14.8 Å². The Morgan fingerprint density at radius 2 is 1.97 bits per heavy atom. The van der Waals surface area contributed by atoms with E-state index in [4.69, 9.17) is 32.7 Å². The van der Waals surface area contributed by atoms with E-state index in [2.05, 4.69) is 21.2 Å². The minimum atomic E-state index is -0.718. The second-order valence-electron chi connectivity index (χ2n) is 7.22. The summed E-state index contributed by atoms with van der Waals surface area (Å²) in [5, 5.41) is 24.0. The number of benzene rings is 3. The number of hydrogen-bond acceptors (Lipinski definition) is 6. The van der Waals surface area contributed by atoms with Gasteiger partial charge in [0.25, 0.3) is 11.6 Å². The number of amides is 1. The van der Waals surface area contributed by atoms with Gasteiger partial charge in [0.2, 0.25) is 0 Å². The Hall–Kier alpha value is -3.58. The van der Waals surface area contributed by atoms with Crippen LogP contribution in [-0.2, 0) is 11.4 Å². The number of nitro benzene ring substituents is 1. The van der Waals surface area contributed by atoms with Crippen molar-refractivity contribution in [2.45, 2.75) is 13.5 Å². The summed E-state index contributed by atoms with van der Waals surface area (Å²) in [6.45, 7) is 2.30. The molecule has 3 aromatic rings. The van der Waals surface area contributed by atoms with Gasteiger partial charge >= 0.3 is 0 Å². The highest BCUT2D eigenvalue weighted by Crippen LogP contribution is 2.38. The molecule has 36 heavy (non-hydrogen) atoms. The van der Waals surface area contributed by atoms with Crippen LogP contribution in [0.25, 0.3) is 6.08 Å². The molecular weight excluding hydrogens is 573 g/mol. The number of anilines is 1. The van der Waals surface area contributed by atoms with Gasteiger partial charge in [-0.1, -0.05) is 35.3 Å². The molecule has 0 atom stereocenters. The Labute approximate surface area is 225 Å². The van der Waals surface area contributed by atoms with Crippen molar-refractivity contribution in [3.05, 3.63) is 95.9 Å². The van der Waals surface area contributed by atoms with Crippen LogP contribution in [0.3, 0.4) is 0 Å². The molecule has 0 saturated heterocycles. The molecule has 0 saturated carbocycles. The van der Waals surface area contributed by atoms with Gasteiger partial charge in [0.1, 0.15) is 18.2 Å². The van der Waals surface area contributed by atoms with Gasteiger partial charge in [0, 0.05) is 33.4 Å². The molecule has 0 aliphatic rings. The number of rotatable bonds is 9. The van der Waals surface area contributed by atoms with E-state index in [1.54, 1.807) is 30.3 Å². The molecule has 8 nitrogen and oxygen atoms in total. The van der Waals surface area contributed by atoms with Crippen molar-refractivity contribution in [3.63, 3.8) is 0 Å². The minimum Gasteiger partial charge on any atom is -0.490 e. The maximum absolute atomic E-state index is 12.6. The number of nitrogens with zero attached hydrogens (tertiary/aromatic N) is 2. The highest BCUT2D eigenvalue weighted by atomic mass is 79.9. The lowest BCUT2D eigenvalue weighted by Gasteiger charge is -2.15. The number of carbonyl (C=O) groups excluding carboxylic acids is 1. The molecule has 0 fully saturated rings. The molecule has 0 radical (unpaired) electrons. The van der Waals surface area contributed by atoms with Crippen molar-refractivity contribution < 1.29 is 19.2 Å². The molecule has 1 amide bonds. The molecule has 3 aromatic carbocycles. The topological polar surface area (TPSA) is 114 Å². The largest absolute Gasteiger partial charge is 0.490 e. The zero-order chi connectivity index (χ0) is 26.2. The van der Waals surface area contributed by atoms with Crippen LogP contribution in [0.2, 0.25) is 10.0 Å². The Balaban J connectivity index is 1.85. The first-order valence-electron chi connectivity index (χ1n) is 10.4. The summed E-state index contributed by atoms with van der Waals surface area (Å²) in [6.07, 6.45) is 1.37. The van der Waals surface area contributed by atoms with Crippen LogP contribution in [0.15, 0.2) is 64.6 Å². The molecule has 0 unspecified atom stereocenters. The number of non-ortho nitro benzene ring substituents is 1. The second-order valence-corrected chi connectivity index (χ2v) is 8.92. The van der Waals surface area contributed by atoms with Gasteiger partial charge in [0.05, 0.1) is 16.0 Å². The number of nitriles is 1. The molecule has 0 aliphatic carbocycles. The Kier molecular flexibility index (Phi) is 9.31. The number of hydrogen-bond donors (Lipinski definition) is 1. The van der Waals surface area contributed by atoms with E-state index in [0.29, 0.717) is 38.2 Å². The van der Waals surface area contributed by atoms with Crippen molar-refractivity contribution in [2.75, 3.05) is 11.9 Å². The fourth-order valence-electron chi connectivity index (χ4n) is 3.07. The standard InChI is InChI=1S/C25H18BrCl2N3O5/c1-2-35-23-10-15(9-21(26)24(23)36-14-16-6-7-18(27)11-22(16)28)8-17(13-29)25(32)30-19-4-3-5-20(12-19)31(33)34/h3-12H,2,14H2,1H3,(H,30,32)/b17-8-. The lowest BCUT2D eigenvalue weighted by Crippen LogP contribution is -2.13. The fraction of sp³-hybridized carbons (Fsp3) is 0.120. The second kappa shape index (κ2) is 12.4. The SMILES string of the molecule is CCOc1cc(/C=C(/C#N)C(=O)Nc2cccc([N+](=O)[O-])c2)cc(Br)c1OCc1ccc(Cl)cc1Cl. The lowest BCUT2D eigenvalue weighted by atomic mass is 10.1. The van der Waals surface area contributed by atoms with Crippen molar-refractivity contribution >= 4 is 62.5 Å². The third kappa shape index (κ3) is 6.98. The molecule has 3 rings (SSSR count). The summed E-state index contributed by atoms with van der Waals surface area (Å²) in [5.41, 5.74) is 1.02. The maximum atomic E-state index is 12.6. The quantitative estimate of drug-likeness (QED) is 0.122. The van der Waals surface area contributed by atoms with Gasteiger partial charge in [0.15, 0.2) is 11.5 Å². The molecule has 0 spiro atoms. The maximum Gasteiger partial charge on any atom is 0.271 e. The van der Waals surface area contributed by atoms with Crippen LogP contribution < -0.4 is 14.8 Å². The fourth-order valence-corrected chi connectivity index (χ4v) is 4.11. The predicted octanol–water partition coefficient (Wildman–Crippen LogP) is 7.19. The van der Waals surface area contributed by atoms with Gasteiger partial charge in [-0.15, -0.1) is 0 Å². The molecule has 0 bridgehead atoms. The zero-order valence-corrected chi connectivity index (χ0v) is 21.9. The Bertz CT molecular complexity index is 1390. The summed E-state index contributed by atoms with van der Waals surface area (Å²) in [5.74, 6) is 0.0870. The molecule has 0 aromatic heterocycles. The molecular formula is C25H18BrCl2N3O5. The summed E-state index contributed by atoms with van der Waals surface area (Å²) >= 11 is 15.6. The molecule has 1 N–H and O–H groups in total. The van der Waals surface area contributed by atoms with E-state index in [9.17, 15) is 20.2 Å². The van der Waals surface area contributed by atoms with Gasteiger partial charge in [-0.2, -0.15) is 5.26 Å². The Morgan fingerprint density at radius 3 is 2.64 bits per heavy atom. The van der Waals surface area contributed by atoms with Crippen LogP contribution >= 0.6 is 39.1 Å². The molecule has 11 heteroatoms. The van der Waals surface area contributed by atoms with Gasteiger partial charge in [-0.3, -0.25) is 14.9 Å². The summed E-state index contributed by atoms with van der Waals surface area (Å²) < 4.78 is 12.2. The minimum absolute atomic E-state index is 0.152. The van der Waals surface area contributed by atoms with Crippen LogP contribution in [0, 0.1) is 21.4 Å². The normalized spacial score (nSPS) is 10.9. The van der Waals surface area contributed by atoms with Crippen LogP contribution in [0.4, 0.5) is 11.4 Å². The van der Waals surface area contributed by atoms with E-state index < -0.39 is 10.8 Å². The highest BCUT2D eigenvalue weighted by molar-refractivity contribution is 9.10. The van der Waals surface area contributed by atoms with Crippen LogP contribution in [0.1, 0.15) is 18.1 Å². The summed E-state index contributed by atoms with van der Waals surface area (Å²) in [7, 11) is 0. The summed E-state index contributed by atoms with van der Waals surface area (Å²) in [4.78, 5) is 23.0. The average Bonchev–Trinajstić information content (AvgIpc) is 2.83. The van der Waals surface area contributed by atoms with Crippen LogP contribution in [-0.4, -0.2) is 17.4 Å². The number of carbonyl (C=O) groups is 1. The lowest BCUT2D eigenvalue weighted by molar-refractivity contribution is -0.384. The molecule has 0 heterocycles. The first-order chi connectivity index (χ1) is 17.2. The van der Waals surface area contributed by atoms with Crippen molar-refractivity contribution in [1.29, 1.82) is 5.26 Å². The first-order valence-corrected chi connectivity index (χ1v) is 12.0. The third-order valence-corrected chi connectivity index (χ3v) is 5.89. The van der Waals surface area contributed by atoms with E-state index in [0.717, 1.165) is 5.56 Å². The number of ether oxygens (including phenoxy) is 2. The first kappa shape index (κ1) is 27.0. The molecule has 0 aliphatic heterocycles. The van der Waals surface area contributed by atoms with Gasteiger partial charge in [-0.05, 0) is 64.8 Å². The van der Waals surface area contributed by atoms with Crippen molar-refractivity contribution in [2.24, 2.45) is 0 Å². The van der Waals surface area contributed by atoms with Crippen LogP contribution in [0.5, 0.6) is 11.5 Å². The van der Waals surface area contributed by atoms with E-state index in [1.807, 2.05) is 13.0 Å². The van der Waals surface area contributed by atoms with E-state index in [-0.39, 0.29) is 23.6 Å².